The Balaban J connectivity index is 1.79. The molecule has 0 radical (unpaired) electrons. The second-order valence-electron chi connectivity index (χ2n) is 6.97. The first-order valence-corrected chi connectivity index (χ1v) is 7.15. The van der Waals surface area contributed by atoms with Crippen molar-refractivity contribution in [3.63, 3.8) is 0 Å². The third kappa shape index (κ3) is 2.47. The van der Waals surface area contributed by atoms with Gasteiger partial charge in [-0.05, 0) is 36.2 Å². The van der Waals surface area contributed by atoms with Gasteiger partial charge in [0.1, 0.15) is 0 Å². The number of benzene rings is 1. The molecule has 0 saturated heterocycles. The Morgan fingerprint density at radius 2 is 1.61 bits per heavy atom. The van der Waals surface area contributed by atoms with Crippen molar-refractivity contribution < 1.29 is 0 Å². The van der Waals surface area contributed by atoms with E-state index in [2.05, 4.69) is 70.3 Å². The Morgan fingerprint density at radius 1 is 1.06 bits per heavy atom. The lowest BCUT2D eigenvalue weighted by molar-refractivity contribution is 0.457. The number of nitrogens with one attached hydrogen (secondary N) is 1. The summed E-state index contributed by atoms with van der Waals surface area (Å²) >= 11 is 0. The molecule has 0 spiro atoms. The smallest absolute Gasteiger partial charge is 0.0183 e. The third-order valence-electron chi connectivity index (χ3n) is 5.18. The first-order valence-electron chi connectivity index (χ1n) is 7.15. The highest BCUT2D eigenvalue weighted by atomic mass is 15.1. The Morgan fingerprint density at radius 3 is 2.11 bits per heavy atom. The van der Waals surface area contributed by atoms with Gasteiger partial charge >= 0.3 is 0 Å². The van der Waals surface area contributed by atoms with E-state index in [1.165, 1.54) is 18.4 Å². The average Bonchev–Trinajstić information content (AvgIpc) is 2.70. The molecule has 1 nitrogen and oxygen atoms in total. The molecule has 0 aromatic heterocycles. The van der Waals surface area contributed by atoms with Crippen LogP contribution in [-0.2, 0) is 6.42 Å². The Labute approximate surface area is 112 Å². The zero-order valence-electron chi connectivity index (χ0n) is 12.5. The molecule has 18 heavy (non-hydrogen) atoms. The molecule has 1 aromatic rings. The van der Waals surface area contributed by atoms with Gasteiger partial charge in [-0.3, -0.25) is 0 Å². The van der Waals surface area contributed by atoms with Crippen molar-refractivity contribution in [1.29, 1.82) is 0 Å². The Hall–Kier alpha value is -0.820. The van der Waals surface area contributed by atoms with Crippen molar-refractivity contribution in [3.05, 3.63) is 35.9 Å². The molecule has 1 aromatic carbocycles. The number of aryl methyl sites for hydroxylation is 1. The molecule has 1 unspecified atom stereocenters. The fourth-order valence-corrected chi connectivity index (χ4v) is 3.01. The van der Waals surface area contributed by atoms with E-state index in [-0.39, 0.29) is 0 Å². The monoisotopic (exact) mass is 245 g/mol. The summed E-state index contributed by atoms with van der Waals surface area (Å²) in [6, 6.07) is 12.0. The molecule has 1 atom stereocenters. The Bertz CT molecular complexity index is 377. The molecule has 0 amide bonds. The molecule has 1 aliphatic rings. The number of hydrogen-bond acceptors (Lipinski definition) is 1. The lowest BCUT2D eigenvalue weighted by atomic mass is 10.0. The summed E-state index contributed by atoms with van der Waals surface area (Å²) in [5.41, 5.74) is 2.32. The van der Waals surface area contributed by atoms with Crippen LogP contribution in [0.25, 0.3) is 0 Å². The minimum absolute atomic E-state index is 0.438. The minimum Gasteiger partial charge on any atom is -0.310 e. The van der Waals surface area contributed by atoms with E-state index >= 15 is 0 Å². The predicted octanol–water partition coefficient (Wildman–Crippen LogP) is 4.03. The summed E-state index contributed by atoms with van der Waals surface area (Å²) in [5.74, 6) is 0. The molecule has 2 rings (SSSR count). The molecular formula is C17H27N. The van der Waals surface area contributed by atoms with Crippen LogP contribution in [0.5, 0.6) is 0 Å². The molecule has 0 heterocycles. The molecule has 0 aliphatic heterocycles. The maximum atomic E-state index is 3.80. The van der Waals surface area contributed by atoms with E-state index in [1.54, 1.807) is 0 Å². The van der Waals surface area contributed by atoms with Gasteiger partial charge in [0.05, 0.1) is 0 Å². The maximum Gasteiger partial charge on any atom is 0.0183 e. The van der Waals surface area contributed by atoms with Gasteiger partial charge in [0.2, 0.25) is 0 Å². The summed E-state index contributed by atoms with van der Waals surface area (Å²) in [6.07, 6.45) is 2.38. The zero-order chi connectivity index (χ0) is 13.4. The normalized spacial score (nSPS) is 22.7. The van der Waals surface area contributed by atoms with E-state index in [4.69, 9.17) is 0 Å². The van der Waals surface area contributed by atoms with Crippen LogP contribution in [0.15, 0.2) is 30.3 Å². The zero-order valence-corrected chi connectivity index (χ0v) is 12.5. The number of rotatable bonds is 5. The summed E-state index contributed by atoms with van der Waals surface area (Å²) in [4.78, 5) is 0. The second-order valence-corrected chi connectivity index (χ2v) is 6.97. The second kappa shape index (κ2) is 4.70. The lowest BCUT2D eigenvalue weighted by Crippen LogP contribution is -2.32. The van der Waals surface area contributed by atoms with Crippen LogP contribution in [0, 0.1) is 10.8 Å². The largest absolute Gasteiger partial charge is 0.310 e. The molecule has 1 heteroatoms. The fraction of sp³-hybridized carbons (Fsp3) is 0.647. The maximum absolute atomic E-state index is 3.80. The van der Waals surface area contributed by atoms with E-state index in [9.17, 15) is 0 Å². The van der Waals surface area contributed by atoms with Crippen LogP contribution in [0.3, 0.4) is 0 Å². The van der Waals surface area contributed by atoms with Crippen LogP contribution < -0.4 is 5.32 Å². The van der Waals surface area contributed by atoms with Gasteiger partial charge in [0.25, 0.3) is 0 Å². The lowest BCUT2D eigenvalue weighted by Gasteiger charge is -2.15. The molecule has 100 valence electrons. The fourth-order valence-electron chi connectivity index (χ4n) is 3.01. The molecule has 1 aliphatic carbocycles. The van der Waals surface area contributed by atoms with Crippen LogP contribution in [0.1, 0.15) is 46.6 Å². The van der Waals surface area contributed by atoms with Crippen LogP contribution >= 0.6 is 0 Å². The van der Waals surface area contributed by atoms with Crippen LogP contribution in [0.4, 0.5) is 0 Å². The van der Waals surface area contributed by atoms with Gasteiger partial charge in [0.15, 0.2) is 0 Å². The van der Waals surface area contributed by atoms with E-state index in [0.717, 1.165) is 0 Å². The first-order chi connectivity index (χ1) is 8.35. The highest BCUT2D eigenvalue weighted by Gasteiger charge is 2.64. The van der Waals surface area contributed by atoms with Gasteiger partial charge < -0.3 is 5.32 Å². The summed E-state index contributed by atoms with van der Waals surface area (Å²) in [7, 11) is 0. The minimum atomic E-state index is 0.438. The average molecular weight is 245 g/mol. The Kier molecular flexibility index (Phi) is 3.55. The van der Waals surface area contributed by atoms with Crippen LogP contribution in [0.2, 0.25) is 0 Å². The SMILES string of the molecule is CC(CCc1ccccc1)NC1C(C)(C)C1(C)C. The van der Waals surface area contributed by atoms with E-state index in [1.807, 2.05) is 0 Å². The van der Waals surface area contributed by atoms with Crippen molar-refractivity contribution in [2.45, 2.75) is 59.5 Å². The van der Waals surface area contributed by atoms with Gasteiger partial charge in [-0.25, -0.2) is 0 Å². The highest BCUT2D eigenvalue weighted by molar-refractivity contribution is 5.18. The van der Waals surface area contributed by atoms with Crippen LogP contribution in [-0.4, -0.2) is 12.1 Å². The highest BCUT2D eigenvalue weighted by Crippen LogP contribution is 2.62. The van der Waals surface area contributed by atoms with E-state index in [0.29, 0.717) is 22.9 Å². The van der Waals surface area contributed by atoms with Gasteiger partial charge in [-0.1, -0.05) is 58.0 Å². The topological polar surface area (TPSA) is 12.0 Å². The summed E-state index contributed by atoms with van der Waals surface area (Å²) in [5, 5.41) is 3.80. The van der Waals surface area contributed by atoms with Crippen molar-refractivity contribution in [2.24, 2.45) is 10.8 Å². The predicted molar refractivity (Wildman–Crippen MR) is 78.7 cm³/mol. The van der Waals surface area contributed by atoms with Crippen molar-refractivity contribution in [2.75, 3.05) is 0 Å². The van der Waals surface area contributed by atoms with Gasteiger partial charge in [0, 0.05) is 12.1 Å². The van der Waals surface area contributed by atoms with Crippen molar-refractivity contribution in [3.8, 4) is 0 Å². The summed E-state index contributed by atoms with van der Waals surface area (Å²) in [6.45, 7) is 11.8. The van der Waals surface area contributed by atoms with Crippen molar-refractivity contribution >= 4 is 0 Å². The molecule has 0 bridgehead atoms. The quantitative estimate of drug-likeness (QED) is 0.826. The molecular weight excluding hydrogens is 218 g/mol. The standard InChI is InChI=1S/C17H27N/c1-13(11-12-14-9-7-6-8-10-14)18-15-16(2,3)17(15,4)5/h6-10,13,15,18H,11-12H2,1-5H3. The number of hydrogen-bond donors (Lipinski definition) is 1. The molecule has 1 fully saturated rings. The molecule has 1 saturated carbocycles. The third-order valence-corrected chi connectivity index (χ3v) is 5.18. The first kappa shape index (κ1) is 13.6. The van der Waals surface area contributed by atoms with Gasteiger partial charge in [-0.2, -0.15) is 0 Å². The summed E-state index contributed by atoms with van der Waals surface area (Å²) < 4.78 is 0. The molecule has 1 N–H and O–H groups in total. The van der Waals surface area contributed by atoms with Crippen molar-refractivity contribution in [1.82, 2.24) is 5.32 Å². The van der Waals surface area contributed by atoms with Gasteiger partial charge in [-0.15, -0.1) is 0 Å². The van der Waals surface area contributed by atoms with E-state index < -0.39 is 0 Å².